The van der Waals surface area contributed by atoms with Crippen molar-refractivity contribution in [3.63, 3.8) is 0 Å². The van der Waals surface area contributed by atoms with Crippen molar-refractivity contribution in [1.82, 2.24) is 9.55 Å². The Kier molecular flexibility index (Phi) is 5.75. The Morgan fingerprint density at radius 1 is 0.509 bits per heavy atom. The smallest absolute Gasteiger partial charge is 0.0794 e. The first-order valence-corrected chi connectivity index (χ1v) is 19.2. The second-order valence-corrected chi connectivity index (χ2v) is 16.1. The van der Waals surface area contributed by atoms with Gasteiger partial charge in [-0.1, -0.05) is 135 Å². The minimum atomic E-state index is -0.0575. The normalized spacial score (nSPS) is 13.6. The lowest BCUT2D eigenvalue weighted by Gasteiger charge is -2.21. The molecule has 1 aliphatic rings. The lowest BCUT2D eigenvalue weighted by Crippen LogP contribution is -2.14. The number of thiophene rings is 1. The summed E-state index contributed by atoms with van der Waals surface area (Å²) in [5.74, 6) is 0. The fraction of sp³-hybridized carbons (Fsp3) is 0.0600. The summed E-state index contributed by atoms with van der Waals surface area (Å²) in [6.07, 6.45) is 0. The molecule has 2 nitrogen and oxygen atoms in total. The van der Waals surface area contributed by atoms with Crippen molar-refractivity contribution >= 4 is 85.8 Å². The average molecular weight is 693 g/mol. The first-order valence-electron chi connectivity index (χ1n) is 18.4. The molecule has 11 aromatic rings. The van der Waals surface area contributed by atoms with Crippen LogP contribution in [0.25, 0.3) is 102 Å². The molecule has 248 valence electrons. The van der Waals surface area contributed by atoms with Crippen molar-refractivity contribution in [3.8, 4) is 28.1 Å². The maximum absolute atomic E-state index is 5.42. The maximum atomic E-state index is 5.42. The van der Waals surface area contributed by atoms with Gasteiger partial charge in [-0.25, -0.2) is 4.98 Å². The molecule has 1 aliphatic carbocycles. The molecule has 0 saturated heterocycles. The highest BCUT2D eigenvalue weighted by Gasteiger charge is 2.36. The van der Waals surface area contributed by atoms with Gasteiger partial charge in [-0.05, 0) is 80.2 Å². The minimum absolute atomic E-state index is 0.0575. The zero-order valence-corrected chi connectivity index (χ0v) is 30.1. The van der Waals surface area contributed by atoms with Crippen LogP contribution in [0.4, 0.5) is 0 Å². The number of rotatable bonds is 2. The number of fused-ring (bicyclic) bond motifs is 16. The van der Waals surface area contributed by atoms with Gasteiger partial charge in [-0.3, -0.25) is 0 Å². The van der Waals surface area contributed by atoms with E-state index in [1.165, 1.54) is 91.2 Å². The number of hydrogen-bond acceptors (Lipinski definition) is 2. The van der Waals surface area contributed by atoms with Crippen LogP contribution < -0.4 is 0 Å². The SMILES string of the molecule is CC1(C)c2ccccc2-c2cc3c(cc21)c1sc2ccccc2c1n3-c1ccc(-c2nc3ccccc3c3c4ccccc4c4ccccc4c23)cc1. The van der Waals surface area contributed by atoms with Crippen molar-refractivity contribution in [2.75, 3.05) is 0 Å². The number of para-hydroxylation sites is 1. The summed E-state index contributed by atoms with van der Waals surface area (Å²) < 4.78 is 5.18. The van der Waals surface area contributed by atoms with Gasteiger partial charge in [0, 0.05) is 48.3 Å². The zero-order valence-electron chi connectivity index (χ0n) is 29.3. The number of aromatic nitrogens is 2. The minimum Gasteiger partial charge on any atom is -0.308 e. The molecule has 8 aromatic carbocycles. The van der Waals surface area contributed by atoms with Gasteiger partial charge in [0.25, 0.3) is 0 Å². The van der Waals surface area contributed by atoms with E-state index in [0.717, 1.165) is 22.5 Å². The molecule has 0 fully saturated rings. The van der Waals surface area contributed by atoms with Crippen LogP contribution in [-0.2, 0) is 5.41 Å². The van der Waals surface area contributed by atoms with Crippen LogP contribution in [0.3, 0.4) is 0 Å². The Morgan fingerprint density at radius 3 is 1.91 bits per heavy atom. The van der Waals surface area contributed by atoms with Gasteiger partial charge in [0.1, 0.15) is 0 Å². The molecule has 3 heterocycles. The van der Waals surface area contributed by atoms with Crippen molar-refractivity contribution in [3.05, 3.63) is 169 Å². The first kappa shape index (κ1) is 29.3. The molecule has 0 spiro atoms. The van der Waals surface area contributed by atoms with Gasteiger partial charge >= 0.3 is 0 Å². The molecule has 0 aliphatic heterocycles. The molecule has 0 saturated carbocycles. The highest BCUT2D eigenvalue weighted by atomic mass is 32.1. The second-order valence-electron chi connectivity index (χ2n) is 15.1. The lowest BCUT2D eigenvalue weighted by atomic mass is 9.82. The van der Waals surface area contributed by atoms with Gasteiger partial charge in [0.2, 0.25) is 0 Å². The largest absolute Gasteiger partial charge is 0.308 e. The Hall–Kier alpha value is -6.29. The third-order valence-electron chi connectivity index (χ3n) is 12.0. The van der Waals surface area contributed by atoms with Crippen LogP contribution in [-0.4, -0.2) is 9.55 Å². The number of benzene rings is 8. The lowest BCUT2D eigenvalue weighted by molar-refractivity contribution is 0.661. The molecule has 0 radical (unpaired) electrons. The first-order chi connectivity index (χ1) is 26.1. The maximum Gasteiger partial charge on any atom is 0.0794 e. The molecular formula is C50H32N2S. The molecule has 0 N–H and O–H groups in total. The van der Waals surface area contributed by atoms with E-state index in [9.17, 15) is 0 Å². The van der Waals surface area contributed by atoms with Crippen LogP contribution >= 0.6 is 11.3 Å². The molecule has 0 amide bonds. The van der Waals surface area contributed by atoms with Crippen molar-refractivity contribution in [2.45, 2.75) is 19.3 Å². The van der Waals surface area contributed by atoms with Crippen LogP contribution in [0.1, 0.15) is 25.0 Å². The molecule has 12 rings (SSSR count). The van der Waals surface area contributed by atoms with E-state index in [-0.39, 0.29) is 5.41 Å². The van der Waals surface area contributed by atoms with Gasteiger partial charge in [-0.2, -0.15) is 0 Å². The molecular weight excluding hydrogens is 661 g/mol. The summed E-state index contributed by atoms with van der Waals surface area (Å²) in [6, 6.07) is 58.2. The number of hydrogen-bond donors (Lipinski definition) is 0. The van der Waals surface area contributed by atoms with Crippen LogP contribution in [0.2, 0.25) is 0 Å². The van der Waals surface area contributed by atoms with Crippen LogP contribution in [0.5, 0.6) is 0 Å². The Morgan fingerprint density at radius 2 is 1.13 bits per heavy atom. The predicted molar refractivity (Wildman–Crippen MR) is 227 cm³/mol. The fourth-order valence-corrected chi connectivity index (χ4v) is 10.7. The van der Waals surface area contributed by atoms with E-state index in [1.54, 1.807) is 0 Å². The summed E-state index contributed by atoms with van der Waals surface area (Å²) in [7, 11) is 0. The summed E-state index contributed by atoms with van der Waals surface area (Å²) in [6.45, 7) is 4.75. The van der Waals surface area contributed by atoms with E-state index < -0.39 is 0 Å². The van der Waals surface area contributed by atoms with E-state index in [0.29, 0.717) is 0 Å². The van der Waals surface area contributed by atoms with E-state index in [4.69, 9.17) is 4.98 Å². The third kappa shape index (κ3) is 3.84. The number of nitrogens with zero attached hydrogens (tertiary/aromatic N) is 2. The molecule has 3 heteroatoms. The monoisotopic (exact) mass is 692 g/mol. The Labute approximate surface area is 310 Å². The summed E-state index contributed by atoms with van der Waals surface area (Å²) in [5.41, 5.74) is 12.3. The average Bonchev–Trinajstić information content (AvgIpc) is 3.81. The van der Waals surface area contributed by atoms with Gasteiger partial charge in [0.15, 0.2) is 0 Å². The summed E-state index contributed by atoms with van der Waals surface area (Å²) in [4.78, 5) is 5.42. The quantitative estimate of drug-likeness (QED) is 0.165. The van der Waals surface area contributed by atoms with Crippen molar-refractivity contribution in [2.24, 2.45) is 0 Å². The summed E-state index contributed by atoms with van der Waals surface area (Å²) >= 11 is 1.91. The second kappa shape index (κ2) is 10.4. The molecule has 0 bridgehead atoms. The highest BCUT2D eigenvalue weighted by Crippen LogP contribution is 2.52. The predicted octanol–water partition coefficient (Wildman–Crippen LogP) is 14.0. The van der Waals surface area contributed by atoms with Crippen molar-refractivity contribution < 1.29 is 0 Å². The van der Waals surface area contributed by atoms with Crippen LogP contribution in [0, 0.1) is 0 Å². The van der Waals surface area contributed by atoms with E-state index >= 15 is 0 Å². The standard InChI is InChI=1S/C50H32N2S/c1-50(2)40-20-10-7-15-33(40)38-28-43-39(27-41(38)50)49-48(37-19-9-12-22-44(37)53-49)52(43)30-25-23-29(24-26-30)47-46-35-17-6-4-14-32(35)31-13-3-5-16-34(31)45(46)36-18-8-11-21-42(36)51-47/h3-28H,1-2H3. The molecule has 0 atom stereocenters. The van der Waals surface area contributed by atoms with Gasteiger partial charge in [0.05, 0.1) is 26.9 Å². The zero-order chi connectivity index (χ0) is 35.0. The number of pyridine rings is 1. The Bertz CT molecular complexity index is 3360. The topological polar surface area (TPSA) is 17.8 Å². The fourth-order valence-electron chi connectivity index (χ4n) is 9.53. The highest BCUT2D eigenvalue weighted by molar-refractivity contribution is 7.26. The van der Waals surface area contributed by atoms with Crippen molar-refractivity contribution in [1.29, 1.82) is 0 Å². The van der Waals surface area contributed by atoms with E-state index in [1.807, 2.05) is 11.3 Å². The van der Waals surface area contributed by atoms with E-state index in [2.05, 4.69) is 176 Å². The Balaban J connectivity index is 1.14. The molecule has 3 aromatic heterocycles. The third-order valence-corrected chi connectivity index (χ3v) is 13.1. The van der Waals surface area contributed by atoms with Gasteiger partial charge in [-0.15, -0.1) is 11.3 Å². The molecule has 53 heavy (non-hydrogen) atoms. The summed E-state index contributed by atoms with van der Waals surface area (Å²) in [5, 5.41) is 11.3. The van der Waals surface area contributed by atoms with Crippen LogP contribution in [0.15, 0.2) is 158 Å². The van der Waals surface area contributed by atoms with Gasteiger partial charge < -0.3 is 4.57 Å². The molecule has 0 unspecified atom stereocenters.